The summed E-state index contributed by atoms with van der Waals surface area (Å²) in [6.07, 6.45) is 0. The van der Waals surface area contributed by atoms with Crippen molar-refractivity contribution in [2.24, 2.45) is 0 Å². The van der Waals surface area contributed by atoms with E-state index in [4.69, 9.17) is 5.11 Å². The van der Waals surface area contributed by atoms with Crippen molar-refractivity contribution in [3.8, 4) is 0 Å². The second-order valence-electron chi connectivity index (χ2n) is 4.32. The van der Waals surface area contributed by atoms with Gasteiger partial charge >= 0.3 is 5.97 Å². The topological polar surface area (TPSA) is 68.0 Å². The predicted octanol–water partition coefficient (Wildman–Crippen LogP) is 1.98. The van der Waals surface area contributed by atoms with Gasteiger partial charge in [0, 0.05) is 22.5 Å². The van der Waals surface area contributed by atoms with Crippen molar-refractivity contribution in [2.75, 3.05) is 17.3 Å². The molecule has 1 unspecified atom stereocenters. The number of carbonyl (C=O) groups is 1. The Morgan fingerprint density at radius 2 is 2.37 bits per heavy atom. The first-order valence-corrected chi connectivity index (χ1v) is 8.21. The van der Waals surface area contributed by atoms with E-state index >= 15 is 0 Å². The lowest BCUT2D eigenvalue weighted by atomic mass is 10.2. The maximum atomic E-state index is 11.1. The Morgan fingerprint density at radius 3 is 3.11 bits per heavy atom. The molecular weight excluding hydrogens is 282 g/mol. The lowest BCUT2D eigenvalue weighted by Crippen LogP contribution is -2.21. The van der Waals surface area contributed by atoms with Crippen molar-refractivity contribution < 1.29 is 9.90 Å². The maximum absolute atomic E-state index is 11.1. The van der Waals surface area contributed by atoms with Crippen molar-refractivity contribution in [3.63, 3.8) is 0 Å². The van der Waals surface area contributed by atoms with Crippen LogP contribution in [0.3, 0.4) is 0 Å². The van der Waals surface area contributed by atoms with Crippen molar-refractivity contribution >= 4 is 40.5 Å². The summed E-state index contributed by atoms with van der Waals surface area (Å²) in [6.45, 7) is 0.789. The third kappa shape index (κ3) is 2.57. The van der Waals surface area contributed by atoms with Gasteiger partial charge in [0.05, 0.1) is 17.6 Å². The number of hydrogen-bond donors (Lipinski definition) is 1. The molecule has 1 N–H and O–H groups in total. The first-order valence-electron chi connectivity index (χ1n) is 6.00. The molecule has 5 nitrogen and oxygen atoms in total. The number of aromatic carboxylic acids is 1. The van der Waals surface area contributed by atoms with Gasteiger partial charge in [0.1, 0.15) is 5.52 Å². The number of fused-ring (bicyclic) bond motifs is 1. The Morgan fingerprint density at radius 1 is 1.47 bits per heavy atom. The predicted molar refractivity (Wildman–Crippen MR) is 78.1 cm³/mol. The zero-order valence-electron chi connectivity index (χ0n) is 10.2. The van der Waals surface area contributed by atoms with Gasteiger partial charge in [-0.1, -0.05) is 11.3 Å². The Labute approximate surface area is 118 Å². The number of thioether (sulfide) groups is 2. The highest BCUT2D eigenvalue weighted by atomic mass is 32.2. The number of nitrogens with zero attached hydrogens (tertiary/aromatic N) is 3. The number of rotatable bonds is 3. The lowest BCUT2D eigenvalue weighted by molar-refractivity contribution is 0.0699. The van der Waals surface area contributed by atoms with Gasteiger partial charge in [-0.15, -0.1) is 5.10 Å². The summed E-state index contributed by atoms with van der Waals surface area (Å²) in [4.78, 5) is 11.1. The molecule has 1 fully saturated rings. The number of benzene rings is 1. The molecule has 1 aliphatic heterocycles. The molecule has 0 amide bonds. The van der Waals surface area contributed by atoms with Gasteiger partial charge in [-0.2, -0.15) is 23.5 Å². The molecular formula is C12H13N3O2S2. The van der Waals surface area contributed by atoms with Gasteiger partial charge in [-0.05, 0) is 12.1 Å². The summed E-state index contributed by atoms with van der Waals surface area (Å²) in [7, 11) is 0. The minimum atomic E-state index is -0.958. The van der Waals surface area contributed by atoms with Gasteiger partial charge in [-0.25, -0.2) is 9.48 Å². The Hall–Kier alpha value is -1.21. The standard InChI is InChI=1S/C12H13N3O2S2/c16-12(17)9-2-1-3-10-11(9)13-14-15(10)6-8-7-18-4-5-19-8/h1-3,8H,4-7H2,(H,16,17). The van der Waals surface area contributed by atoms with Crippen LogP contribution in [0.2, 0.25) is 0 Å². The van der Waals surface area contributed by atoms with Crippen molar-refractivity contribution in [1.82, 2.24) is 15.0 Å². The van der Waals surface area contributed by atoms with Gasteiger partial charge in [0.15, 0.2) is 0 Å². The molecule has 0 radical (unpaired) electrons. The molecule has 100 valence electrons. The van der Waals surface area contributed by atoms with Gasteiger partial charge in [0.2, 0.25) is 0 Å². The molecule has 1 saturated heterocycles. The third-order valence-corrected chi connectivity index (χ3v) is 5.86. The lowest BCUT2D eigenvalue weighted by Gasteiger charge is -2.20. The number of carboxylic acid groups (broad SMARTS) is 1. The van der Waals surface area contributed by atoms with Crippen molar-refractivity contribution in [3.05, 3.63) is 23.8 Å². The number of hydrogen-bond acceptors (Lipinski definition) is 5. The zero-order chi connectivity index (χ0) is 13.2. The van der Waals surface area contributed by atoms with Gasteiger partial charge < -0.3 is 5.11 Å². The van der Waals surface area contributed by atoms with Crippen LogP contribution in [0.5, 0.6) is 0 Å². The SMILES string of the molecule is O=C(O)c1cccc2c1nnn2CC1CSCCS1. The molecule has 2 aromatic rings. The van der Waals surface area contributed by atoms with E-state index in [0.717, 1.165) is 17.8 Å². The van der Waals surface area contributed by atoms with Crippen LogP contribution in [-0.2, 0) is 6.54 Å². The van der Waals surface area contributed by atoms with E-state index in [0.29, 0.717) is 10.8 Å². The quantitative estimate of drug-likeness (QED) is 0.934. The van der Waals surface area contributed by atoms with E-state index in [9.17, 15) is 4.79 Å². The molecule has 1 atom stereocenters. The molecule has 1 aromatic carbocycles. The first-order chi connectivity index (χ1) is 9.25. The summed E-state index contributed by atoms with van der Waals surface area (Å²) in [5, 5.41) is 17.8. The van der Waals surface area contributed by atoms with E-state index in [-0.39, 0.29) is 5.56 Å². The molecule has 3 rings (SSSR count). The number of carboxylic acids is 1. The van der Waals surface area contributed by atoms with Crippen LogP contribution in [0.15, 0.2) is 18.2 Å². The zero-order valence-corrected chi connectivity index (χ0v) is 11.8. The van der Waals surface area contributed by atoms with Crippen LogP contribution < -0.4 is 0 Å². The van der Waals surface area contributed by atoms with Crippen molar-refractivity contribution in [2.45, 2.75) is 11.8 Å². The Bertz CT molecular complexity index is 608. The van der Waals surface area contributed by atoms with E-state index in [1.54, 1.807) is 12.1 Å². The fourth-order valence-corrected chi connectivity index (χ4v) is 4.78. The molecule has 0 bridgehead atoms. The molecule has 2 heterocycles. The average molecular weight is 295 g/mol. The third-order valence-electron chi connectivity index (χ3n) is 3.04. The molecule has 7 heteroatoms. The Balaban J connectivity index is 1.92. The summed E-state index contributed by atoms with van der Waals surface area (Å²) < 4.78 is 1.82. The minimum Gasteiger partial charge on any atom is -0.478 e. The summed E-state index contributed by atoms with van der Waals surface area (Å²) >= 11 is 3.92. The first kappa shape index (κ1) is 12.8. The molecule has 0 saturated carbocycles. The van der Waals surface area contributed by atoms with Crippen molar-refractivity contribution in [1.29, 1.82) is 0 Å². The highest BCUT2D eigenvalue weighted by molar-refractivity contribution is 8.06. The molecule has 0 aliphatic carbocycles. The second-order valence-corrected chi connectivity index (χ2v) is 6.88. The largest absolute Gasteiger partial charge is 0.478 e. The normalized spacial score (nSPS) is 19.7. The number of aromatic nitrogens is 3. The minimum absolute atomic E-state index is 0.217. The van der Waals surface area contributed by atoms with E-state index < -0.39 is 5.97 Å². The van der Waals surface area contributed by atoms with E-state index in [1.165, 1.54) is 11.5 Å². The molecule has 1 aliphatic rings. The van der Waals surface area contributed by atoms with Gasteiger partial charge in [0.25, 0.3) is 0 Å². The summed E-state index contributed by atoms with van der Waals surface area (Å²) in [5.74, 6) is 2.54. The molecule has 19 heavy (non-hydrogen) atoms. The van der Waals surface area contributed by atoms with Crippen LogP contribution >= 0.6 is 23.5 Å². The maximum Gasteiger partial charge on any atom is 0.338 e. The monoisotopic (exact) mass is 295 g/mol. The van der Waals surface area contributed by atoms with Crippen LogP contribution in [-0.4, -0.2) is 48.6 Å². The van der Waals surface area contributed by atoms with Crippen LogP contribution in [0.1, 0.15) is 10.4 Å². The molecule has 1 aromatic heterocycles. The highest BCUT2D eigenvalue weighted by Gasteiger charge is 2.18. The summed E-state index contributed by atoms with van der Waals surface area (Å²) in [5.41, 5.74) is 1.49. The van der Waals surface area contributed by atoms with Crippen LogP contribution in [0.25, 0.3) is 11.0 Å². The second kappa shape index (κ2) is 5.42. The fourth-order valence-electron chi connectivity index (χ4n) is 2.13. The smallest absolute Gasteiger partial charge is 0.338 e. The summed E-state index contributed by atoms with van der Waals surface area (Å²) in [6, 6.07) is 5.19. The fraction of sp³-hybridized carbons (Fsp3) is 0.417. The van der Waals surface area contributed by atoms with Gasteiger partial charge in [-0.3, -0.25) is 0 Å². The molecule has 0 spiro atoms. The van der Waals surface area contributed by atoms with E-state index in [2.05, 4.69) is 10.3 Å². The Kier molecular flexibility index (Phi) is 3.65. The van der Waals surface area contributed by atoms with E-state index in [1.807, 2.05) is 34.3 Å². The highest BCUT2D eigenvalue weighted by Crippen LogP contribution is 2.26. The average Bonchev–Trinajstić information content (AvgIpc) is 2.83. The van der Waals surface area contributed by atoms with Crippen LogP contribution in [0, 0.1) is 0 Å². The van der Waals surface area contributed by atoms with Crippen LogP contribution in [0.4, 0.5) is 0 Å².